The molecule has 8 nitrogen and oxygen atoms in total. The first kappa shape index (κ1) is 24.1. The van der Waals surface area contributed by atoms with Crippen molar-refractivity contribution in [3.63, 3.8) is 0 Å². The van der Waals surface area contributed by atoms with E-state index >= 15 is 0 Å². The Kier molecular flexibility index (Phi) is 6.17. The molecule has 0 saturated carbocycles. The van der Waals surface area contributed by atoms with E-state index in [1.165, 1.54) is 24.0 Å². The highest BCUT2D eigenvalue weighted by atomic mass is 19.4. The van der Waals surface area contributed by atoms with E-state index < -0.39 is 58.9 Å². The van der Waals surface area contributed by atoms with Crippen molar-refractivity contribution >= 4 is 28.8 Å². The molecule has 1 atom stereocenters. The fraction of sp³-hybridized carbons (Fsp3) is 0.273. The van der Waals surface area contributed by atoms with Crippen LogP contribution in [0.15, 0.2) is 41.3 Å². The van der Waals surface area contributed by atoms with Crippen LogP contribution in [0.2, 0.25) is 0 Å². The number of anilines is 1. The summed E-state index contributed by atoms with van der Waals surface area (Å²) in [5, 5.41) is 4.03. The first-order valence-corrected chi connectivity index (χ1v) is 10.5. The lowest BCUT2D eigenvalue weighted by molar-refractivity contribution is -0.153. The minimum absolute atomic E-state index is 0.0673. The summed E-state index contributed by atoms with van der Waals surface area (Å²) in [6.45, 7) is 1.77. The molecule has 3 aromatic rings. The standard InChI is InChI=1S/C22H18F5N5O3/c1-2-15(22(25,26)27)29-20(34)12-10-32(17-13(23)4-3-5-14(17)24)19-11(18(12)33)6-7-16(30-19)31-9-8-28-21(31)35/h3-7,10,15H,2,8-9H2,1H3,(H,28,35)(H,29,34)/t15-/m1/s1. The molecule has 0 spiro atoms. The zero-order chi connectivity index (χ0) is 25.5. The highest BCUT2D eigenvalue weighted by Crippen LogP contribution is 2.26. The first-order chi connectivity index (χ1) is 16.5. The molecule has 1 aromatic carbocycles. The van der Waals surface area contributed by atoms with Gasteiger partial charge in [-0.1, -0.05) is 13.0 Å². The van der Waals surface area contributed by atoms with Gasteiger partial charge in [0.1, 0.15) is 34.7 Å². The molecule has 1 aliphatic heterocycles. The summed E-state index contributed by atoms with van der Waals surface area (Å²) in [4.78, 5) is 43.3. The number of fused-ring (bicyclic) bond motifs is 1. The summed E-state index contributed by atoms with van der Waals surface area (Å²) in [5.41, 5.74) is -2.76. The molecule has 184 valence electrons. The van der Waals surface area contributed by atoms with E-state index in [0.717, 1.165) is 29.0 Å². The van der Waals surface area contributed by atoms with E-state index in [0.29, 0.717) is 6.54 Å². The maximum Gasteiger partial charge on any atom is 0.408 e. The van der Waals surface area contributed by atoms with Crippen molar-refractivity contribution in [3.8, 4) is 5.69 Å². The molecule has 2 N–H and O–H groups in total. The minimum atomic E-state index is -4.77. The number of nitrogens with one attached hydrogen (secondary N) is 2. The van der Waals surface area contributed by atoms with Crippen molar-refractivity contribution in [2.24, 2.45) is 0 Å². The normalized spacial score (nSPS) is 14.8. The van der Waals surface area contributed by atoms with Crippen molar-refractivity contribution in [2.45, 2.75) is 25.6 Å². The van der Waals surface area contributed by atoms with Gasteiger partial charge in [-0.2, -0.15) is 13.2 Å². The second kappa shape index (κ2) is 8.96. The van der Waals surface area contributed by atoms with Gasteiger partial charge in [0.2, 0.25) is 5.43 Å². The number of nitrogens with zero attached hydrogens (tertiary/aromatic N) is 3. The summed E-state index contributed by atoms with van der Waals surface area (Å²) in [7, 11) is 0. The molecule has 3 amide bonds. The van der Waals surface area contributed by atoms with Crippen molar-refractivity contribution < 1.29 is 31.5 Å². The average molecular weight is 495 g/mol. The van der Waals surface area contributed by atoms with E-state index in [-0.39, 0.29) is 23.4 Å². The zero-order valence-corrected chi connectivity index (χ0v) is 18.1. The summed E-state index contributed by atoms with van der Waals surface area (Å²) in [5.74, 6) is -3.45. The minimum Gasteiger partial charge on any atom is -0.340 e. The molecule has 4 rings (SSSR count). The number of amides is 3. The smallest absolute Gasteiger partial charge is 0.340 e. The fourth-order valence-corrected chi connectivity index (χ4v) is 3.74. The van der Waals surface area contributed by atoms with Gasteiger partial charge < -0.3 is 10.6 Å². The summed E-state index contributed by atoms with van der Waals surface area (Å²) < 4.78 is 69.7. The van der Waals surface area contributed by atoms with Crippen LogP contribution in [0.3, 0.4) is 0 Å². The van der Waals surface area contributed by atoms with Crippen LogP contribution in [0.4, 0.5) is 32.6 Å². The van der Waals surface area contributed by atoms with Gasteiger partial charge in [-0.15, -0.1) is 0 Å². The molecular formula is C22H18F5N5O3. The molecule has 1 fully saturated rings. The predicted octanol–water partition coefficient (Wildman–Crippen LogP) is 3.26. The van der Waals surface area contributed by atoms with Crippen LogP contribution in [0.25, 0.3) is 16.7 Å². The van der Waals surface area contributed by atoms with Crippen LogP contribution in [-0.4, -0.2) is 46.8 Å². The van der Waals surface area contributed by atoms with Gasteiger partial charge in [-0.25, -0.2) is 18.6 Å². The summed E-state index contributed by atoms with van der Waals surface area (Å²) in [6.07, 6.45) is -4.53. The molecule has 1 saturated heterocycles. The van der Waals surface area contributed by atoms with E-state index in [9.17, 15) is 36.3 Å². The molecule has 0 aliphatic carbocycles. The predicted molar refractivity (Wildman–Crippen MR) is 116 cm³/mol. The summed E-state index contributed by atoms with van der Waals surface area (Å²) in [6, 6.07) is 2.72. The van der Waals surface area contributed by atoms with Crippen LogP contribution in [0.1, 0.15) is 23.7 Å². The van der Waals surface area contributed by atoms with Crippen molar-refractivity contribution in [1.82, 2.24) is 20.2 Å². The van der Waals surface area contributed by atoms with Gasteiger partial charge in [0.25, 0.3) is 5.91 Å². The first-order valence-electron chi connectivity index (χ1n) is 10.5. The van der Waals surface area contributed by atoms with Crippen molar-refractivity contribution in [1.29, 1.82) is 0 Å². The fourth-order valence-electron chi connectivity index (χ4n) is 3.74. The molecule has 0 unspecified atom stereocenters. The van der Waals surface area contributed by atoms with Crippen LogP contribution < -0.4 is 21.0 Å². The quantitative estimate of drug-likeness (QED) is 0.532. The third-order valence-electron chi connectivity index (χ3n) is 5.50. The average Bonchev–Trinajstić information content (AvgIpc) is 3.23. The Labute approximate surface area is 194 Å². The number of urea groups is 1. The highest BCUT2D eigenvalue weighted by Gasteiger charge is 2.39. The maximum absolute atomic E-state index is 14.7. The Morgan fingerprint density at radius 3 is 2.43 bits per heavy atom. The van der Waals surface area contributed by atoms with Gasteiger partial charge in [0.05, 0.1) is 5.39 Å². The van der Waals surface area contributed by atoms with Gasteiger partial charge in [0.15, 0.2) is 5.65 Å². The third kappa shape index (κ3) is 4.40. The molecule has 13 heteroatoms. The SMILES string of the molecule is CC[C@@H](NC(=O)c1cn(-c2c(F)cccc2F)c2nc(N3CCNC3=O)ccc2c1=O)C(F)(F)F. The molecular weight excluding hydrogens is 477 g/mol. The lowest BCUT2D eigenvalue weighted by atomic mass is 10.1. The second-order valence-corrected chi connectivity index (χ2v) is 7.71. The van der Waals surface area contributed by atoms with Crippen LogP contribution in [-0.2, 0) is 0 Å². The zero-order valence-electron chi connectivity index (χ0n) is 18.1. The number of alkyl halides is 3. The Balaban J connectivity index is 1.95. The maximum atomic E-state index is 14.7. The Morgan fingerprint density at radius 2 is 1.86 bits per heavy atom. The molecule has 0 bridgehead atoms. The number of carbonyl (C=O) groups is 2. The van der Waals surface area contributed by atoms with E-state index in [2.05, 4.69) is 10.3 Å². The number of halogens is 5. The third-order valence-corrected chi connectivity index (χ3v) is 5.50. The number of carbonyl (C=O) groups excluding carboxylic acids is 2. The number of benzene rings is 1. The highest BCUT2D eigenvalue weighted by molar-refractivity contribution is 5.98. The van der Waals surface area contributed by atoms with Crippen molar-refractivity contribution in [3.05, 3.63) is 63.9 Å². The molecule has 0 radical (unpaired) electrons. The monoisotopic (exact) mass is 495 g/mol. The second-order valence-electron chi connectivity index (χ2n) is 7.71. The van der Waals surface area contributed by atoms with E-state index in [4.69, 9.17) is 0 Å². The number of pyridine rings is 2. The van der Waals surface area contributed by atoms with Crippen LogP contribution in [0, 0.1) is 11.6 Å². The van der Waals surface area contributed by atoms with Gasteiger partial charge in [-0.3, -0.25) is 19.1 Å². The van der Waals surface area contributed by atoms with Crippen molar-refractivity contribution in [2.75, 3.05) is 18.0 Å². The van der Waals surface area contributed by atoms with Gasteiger partial charge >= 0.3 is 12.2 Å². The molecule has 3 heterocycles. The van der Waals surface area contributed by atoms with Crippen LogP contribution >= 0.6 is 0 Å². The largest absolute Gasteiger partial charge is 0.408 e. The number of para-hydroxylation sites is 1. The van der Waals surface area contributed by atoms with E-state index in [1.807, 2.05) is 0 Å². The molecule has 35 heavy (non-hydrogen) atoms. The van der Waals surface area contributed by atoms with E-state index in [1.54, 1.807) is 5.32 Å². The Hall–Kier alpha value is -4.03. The Morgan fingerprint density at radius 1 is 1.17 bits per heavy atom. The number of hydrogen-bond acceptors (Lipinski definition) is 4. The molecule has 2 aromatic heterocycles. The Bertz CT molecular complexity index is 1370. The number of hydrogen-bond donors (Lipinski definition) is 2. The van der Waals surface area contributed by atoms with Crippen LogP contribution in [0.5, 0.6) is 0 Å². The topological polar surface area (TPSA) is 96.3 Å². The number of rotatable bonds is 5. The lowest BCUT2D eigenvalue weighted by Crippen LogP contribution is -2.46. The lowest BCUT2D eigenvalue weighted by Gasteiger charge is -2.21. The van der Waals surface area contributed by atoms with Gasteiger partial charge in [-0.05, 0) is 30.7 Å². The molecule has 1 aliphatic rings. The number of aromatic nitrogens is 2. The summed E-state index contributed by atoms with van der Waals surface area (Å²) >= 11 is 0. The van der Waals surface area contributed by atoms with Gasteiger partial charge in [0, 0.05) is 19.3 Å².